The van der Waals surface area contributed by atoms with Crippen molar-refractivity contribution in [2.24, 2.45) is 11.1 Å². The van der Waals surface area contributed by atoms with Gasteiger partial charge in [0.25, 0.3) is 0 Å². The van der Waals surface area contributed by atoms with Crippen LogP contribution < -0.4 is 10.6 Å². The topological polar surface area (TPSA) is 56.3 Å². The van der Waals surface area contributed by atoms with E-state index in [-0.39, 0.29) is 5.41 Å². The molecule has 0 aromatic carbocycles. The first-order valence-electron chi connectivity index (χ1n) is 6.41. The maximum absolute atomic E-state index is 5.77. The number of ether oxygens (including phenoxy) is 1. The van der Waals surface area contributed by atoms with Crippen LogP contribution in [0.1, 0.15) is 20.3 Å². The summed E-state index contributed by atoms with van der Waals surface area (Å²) < 4.78 is 7.23. The maximum atomic E-state index is 5.77. The van der Waals surface area contributed by atoms with Gasteiger partial charge in [-0.05, 0) is 18.4 Å². The fourth-order valence-corrected chi connectivity index (χ4v) is 1.97. The number of hydrogen-bond donors (Lipinski definition) is 1. The molecule has 104 valence electrons. The summed E-state index contributed by atoms with van der Waals surface area (Å²) in [5, 5.41) is 0. The minimum absolute atomic E-state index is 0.0953. The highest BCUT2D eigenvalue weighted by Crippen LogP contribution is 2.18. The van der Waals surface area contributed by atoms with Crippen LogP contribution in [0, 0.1) is 5.41 Å². The van der Waals surface area contributed by atoms with E-state index >= 15 is 0 Å². The number of aromatic nitrogens is 2. The Morgan fingerprint density at radius 3 is 2.83 bits per heavy atom. The lowest BCUT2D eigenvalue weighted by Gasteiger charge is -2.30. The van der Waals surface area contributed by atoms with Crippen molar-refractivity contribution in [3.8, 4) is 0 Å². The van der Waals surface area contributed by atoms with Crippen LogP contribution in [0.15, 0.2) is 12.4 Å². The van der Waals surface area contributed by atoms with Crippen molar-refractivity contribution in [3.05, 3.63) is 12.4 Å². The largest absolute Gasteiger partial charge is 0.385 e. The molecule has 5 heteroatoms. The van der Waals surface area contributed by atoms with E-state index < -0.39 is 0 Å². The number of nitrogens with two attached hydrogens (primary N) is 1. The average molecular weight is 254 g/mol. The molecule has 2 N–H and O–H groups in total. The number of rotatable bonds is 8. The van der Waals surface area contributed by atoms with Crippen molar-refractivity contribution < 1.29 is 4.74 Å². The zero-order valence-corrected chi connectivity index (χ0v) is 12.0. The molecule has 1 rings (SSSR count). The molecule has 1 aromatic heterocycles. The monoisotopic (exact) mass is 254 g/mol. The molecule has 18 heavy (non-hydrogen) atoms. The SMILES string of the molecule is COCCCn1ccnc1N(C)CC(C)(C)CN. The van der Waals surface area contributed by atoms with Crippen LogP contribution in [-0.4, -0.2) is 43.4 Å². The van der Waals surface area contributed by atoms with Gasteiger partial charge in [-0.2, -0.15) is 0 Å². The Bertz CT molecular complexity index is 349. The third-order valence-corrected chi connectivity index (χ3v) is 3.00. The molecule has 1 aromatic rings. The molecule has 0 saturated heterocycles. The molecule has 0 aliphatic heterocycles. The zero-order valence-electron chi connectivity index (χ0n) is 12.0. The van der Waals surface area contributed by atoms with E-state index in [9.17, 15) is 0 Å². The molecular weight excluding hydrogens is 228 g/mol. The van der Waals surface area contributed by atoms with Gasteiger partial charge in [-0.15, -0.1) is 0 Å². The van der Waals surface area contributed by atoms with Crippen molar-refractivity contribution >= 4 is 5.95 Å². The number of nitrogens with zero attached hydrogens (tertiary/aromatic N) is 3. The molecule has 0 radical (unpaired) electrons. The Morgan fingerprint density at radius 1 is 1.50 bits per heavy atom. The van der Waals surface area contributed by atoms with Crippen LogP contribution in [0.2, 0.25) is 0 Å². The Hall–Kier alpha value is -1.07. The lowest BCUT2D eigenvalue weighted by molar-refractivity contribution is 0.190. The summed E-state index contributed by atoms with van der Waals surface area (Å²) in [5.41, 5.74) is 5.87. The highest BCUT2D eigenvalue weighted by atomic mass is 16.5. The first-order valence-corrected chi connectivity index (χ1v) is 6.41. The molecule has 0 spiro atoms. The van der Waals surface area contributed by atoms with Gasteiger partial charge in [0.15, 0.2) is 0 Å². The highest BCUT2D eigenvalue weighted by Gasteiger charge is 2.20. The normalized spacial score (nSPS) is 11.8. The molecular formula is C13H26N4O. The number of imidazole rings is 1. The van der Waals surface area contributed by atoms with Crippen molar-refractivity contribution in [3.63, 3.8) is 0 Å². The van der Waals surface area contributed by atoms with E-state index in [4.69, 9.17) is 10.5 Å². The van der Waals surface area contributed by atoms with Crippen LogP contribution in [-0.2, 0) is 11.3 Å². The minimum atomic E-state index is 0.0953. The molecule has 0 fully saturated rings. The van der Waals surface area contributed by atoms with E-state index in [2.05, 4.69) is 35.3 Å². The van der Waals surface area contributed by atoms with E-state index in [1.165, 1.54) is 0 Å². The first-order chi connectivity index (χ1) is 8.50. The van der Waals surface area contributed by atoms with Crippen LogP contribution in [0.4, 0.5) is 5.95 Å². The van der Waals surface area contributed by atoms with Gasteiger partial charge < -0.3 is 19.9 Å². The summed E-state index contributed by atoms with van der Waals surface area (Å²) >= 11 is 0. The molecule has 0 atom stereocenters. The van der Waals surface area contributed by atoms with Crippen LogP contribution >= 0.6 is 0 Å². The first kappa shape index (κ1) is 15.0. The van der Waals surface area contributed by atoms with Gasteiger partial charge in [0.05, 0.1) is 0 Å². The number of methoxy groups -OCH3 is 1. The average Bonchev–Trinajstić information content (AvgIpc) is 2.77. The van der Waals surface area contributed by atoms with Crippen molar-refractivity contribution in [1.29, 1.82) is 0 Å². The molecule has 5 nitrogen and oxygen atoms in total. The summed E-state index contributed by atoms with van der Waals surface area (Å²) in [6.07, 6.45) is 4.85. The predicted octanol–water partition coefficient (Wildman–Crippen LogP) is 1.34. The summed E-state index contributed by atoms with van der Waals surface area (Å²) in [4.78, 5) is 6.59. The molecule has 0 amide bonds. The minimum Gasteiger partial charge on any atom is -0.385 e. The van der Waals surface area contributed by atoms with Crippen molar-refractivity contribution in [2.45, 2.75) is 26.8 Å². The number of hydrogen-bond acceptors (Lipinski definition) is 4. The van der Waals surface area contributed by atoms with Crippen molar-refractivity contribution in [1.82, 2.24) is 9.55 Å². The molecule has 0 unspecified atom stereocenters. The molecule has 0 aliphatic carbocycles. The Kier molecular flexibility index (Phi) is 5.62. The summed E-state index contributed by atoms with van der Waals surface area (Å²) in [6.45, 7) is 7.60. The molecule has 0 bridgehead atoms. The third kappa shape index (κ3) is 4.31. The summed E-state index contributed by atoms with van der Waals surface area (Å²) in [5.74, 6) is 0.993. The summed E-state index contributed by atoms with van der Waals surface area (Å²) in [7, 11) is 3.79. The third-order valence-electron chi connectivity index (χ3n) is 3.00. The van der Waals surface area contributed by atoms with Gasteiger partial charge in [0.1, 0.15) is 0 Å². The second-order valence-electron chi connectivity index (χ2n) is 5.49. The smallest absolute Gasteiger partial charge is 0.205 e. The number of aryl methyl sites for hydroxylation is 1. The maximum Gasteiger partial charge on any atom is 0.205 e. The standard InChI is InChI=1S/C13H26N4O/c1-13(2,10-14)11-16(3)12-15-6-8-17(12)7-5-9-18-4/h6,8H,5,7,9-11,14H2,1-4H3. The Morgan fingerprint density at radius 2 is 2.22 bits per heavy atom. The molecule has 1 heterocycles. The van der Waals surface area contributed by atoms with Gasteiger partial charge in [-0.3, -0.25) is 0 Å². The van der Waals surface area contributed by atoms with E-state index in [1.807, 2.05) is 12.4 Å². The lowest BCUT2D eigenvalue weighted by Crippen LogP contribution is -2.37. The van der Waals surface area contributed by atoms with Gasteiger partial charge >= 0.3 is 0 Å². The van der Waals surface area contributed by atoms with Crippen LogP contribution in [0.25, 0.3) is 0 Å². The highest BCUT2D eigenvalue weighted by molar-refractivity contribution is 5.30. The zero-order chi connectivity index (χ0) is 13.6. The molecule has 0 saturated carbocycles. The number of anilines is 1. The van der Waals surface area contributed by atoms with Crippen LogP contribution in [0.5, 0.6) is 0 Å². The van der Waals surface area contributed by atoms with Gasteiger partial charge in [0.2, 0.25) is 5.95 Å². The van der Waals surface area contributed by atoms with Gasteiger partial charge in [-0.1, -0.05) is 13.8 Å². The quantitative estimate of drug-likeness (QED) is 0.711. The van der Waals surface area contributed by atoms with E-state index in [0.29, 0.717) is 6.54 Å². The second-order valence-corrected chi connectivity index (χ2v) is 5.49. The van der Waals surface area contributed by atoms with E-state index in [1.54, 1.807) is 7.11 Å². The predicted molar refractivity (Wildman–Crippen MR) is 74.8 cm³/mol. The summed E-state index contributed by atoms with van der Waals surface area (Å²) in [6, 6.07) is 0. The fourth-order valence-electron chi connectivity index (χ4n) is 1.97. The van der Waals surface area contributed by atoms with Gasteiger partial charge in [0, 0.05) is 46.2 Å². The van der Waals surface area contributed by atoms with Crippen molar-refractivity contribution in [2.75, 3.05) is 38.8 Å². The Labute approximate surface area is 110 Å². The molecule has 0 aliphatic rings. The Balaban J connectivity index is 2.62. The van der Waals surface area contributed by atoms with Gasteiger partial charge in [-0.25, -0.2) is 4.98 Å². The lowest BCUT2D eigenvalue weighted by atomic mass is 9.93. The fraction of sp³-hybridized carbons (Fsp3) is 0.769. The second kappa shape index (κ2) is 6.75. The van der Waals surface area contributed by atoms with Crippen LogP contribution in [0.3, 0.4) is 0 Å². The van der Waals surface area contributed by atoms with E-state index in [0.717, 1.165) is 32.1 Å².